The summed E-state index contributed by atoms with van der Waals surface area (Å²) in [5.41, 5.74) is -1.43. The summed E-state index contributed by atoms with van der Waals surface area (Å²) in [7, 11) is 1.59. The van der Waals surface area contributed by atoms with Crippen LogP contribution in [0.15, 0.2) is 24.3 Å². The summed E-state index contributed by atoms with van der Waals surface area (Å²) in [6.07, 6.45) is 0.0570. The van der Waals surface area contributed by atoms with Gasteiger partial charge in [0, 0.05) is 20.0 Å². The lowest BCUT2D eigenvalue weighted by Crippen LogP contribution is -2.51. The van der Waals surface area contributed by atoms with Gasteiger partial charge in [0.15, 0.2) is 5.54 Å². The van der Waals surface area contributed by atoms with Crippen molar-refractivity contribution in [3.8, 4) is 0 Å². The van der Waals surface area contributed by atoms with Crippen molar-refractivity contribution in [1.82, 2.24) is 10.2 Å². The zero-order chi connectivity index (χ0) is 16.5. The quantitative estimate of drug-likeness (QED) is 0.858. The molecule has 7 heteroatoms. The van der Waals surface area contributed by atoms with Crippen molar-refractivity contribution in [2.75, 3.05) is 13.6 Å². The summed E-state index contributed by atoms with van der Waals surface area (Å²) in [6, 6.07) is 4.90. The Morgan fingerprint density at radius 3 is 2.41 bits per heavy atom. The minimum Gasteiger partial charge on any atom is -0.479 e. The van der Waals surface area contributed by atoms with Crippen molar-refractivity contribution in [3.63, 3.8) is 0 Å². The van der Waals surface area contributed by atoms with Gasteiger partial charge in [-0.05, 0) is 24.6 Å². The van der Waals surface area contributed by atoms with Gasteiger partial charge in [-0.25, -0.2) is 9.18 Å². The number of rotatable bonds is 4. The molecule has 1 heterocycles. The zero-order valence-corrected chi connectivity index (χ0v) is 12.3. The maximum atomic E-state index is 13.0. The van der Waals surface area contributed by atoms with Gasteiger partial charge in [-0.1, -0.05) is 12.1 Å². The Morgan fingerprint density at radius 2 is 1.95 bits per heavy atom. The van der Waals surface area contributed by atoms with Crippen LogP contribution in [0.4, 0.5) is 4.39 Å². The normalized spacial score (nSPS) is 20.6. The summed E-state index contributed by atoms with van der Waals surface area (Å²) >= 11 is 0. The number of nitrogens with zero attached hydrogens (tertiary/aromatic N) is 1. The first kappa shape index (κ1) is 15.9. The Labute approximate surface area is 126 Å². The lowest BCUT2D eigenvalue weighted by atomic mass is 9.91. The smallest absolute Gasteiger partial charge is 0.333 e. The lowest BCUT2D eigenvalue weighted by molar-refractivity contribution is -0.148. The Morgan fingerprint density at radius 1 is 1.36 bits per heavy atom. The van der Waals surface area contributed by atoms with Crippen LogP contribution in [0.2, 0.25) is 0 Å². The molecular formula is C15H17FN2O4. The molecule has 1 fully saturated rings. The highest BCUT2D eigenvalue weighted by Crippen LogP contribution is 2.24. The first-order chi connectivity index (χ1) is 10.2. The Kier molecular flexibility index (Phi) is 4.16. The molecule has 2 rings (SSSR count). The molecule has 2 amide bonds. The van der Waals surface area contributed by atoms with E-state index in [1.807, 2.05) is 0 Å². The van der Waals surface area contributed by atoms with E-state index >= 15 is 0 Å². The fraction of sp³-hybridized carbons (Fsp3) is 0.400. The molecule has 6 nitrogen and oxygen atoms in total. The van der Waals surface area contributed by atoms with Gasteiger partial charge < -0.3 is 15.3 Å². The Bertz CT molecular complexity index is 616. The molecule has 1 aromatic rings. The van der Waals surface area contributed by atoms with Crippen LogP contribution in [-0.4, -0.2) is 41.4 Å². The fourth-order valence-electron chi connectivity index (χ4n) is 2.42. The van der Waals surface area contributed by atoms with Crippen molar-refractivity contribution in [2.45, 2.75) is 18.9 Å². The predicted molar refractivity (Wildman–Crippen MR) is 75.3 cm³/mol. The predicted octanol–water partition coefficient (Wildman–Crippen LogP) is 0.720. The van der Waals surface area contributed by atoms with Gasteiger partial charge in [0.1, 0.15) is 5.82 Å². The third-order valence-corrected chi connectivity index (χ3v) is 3.93. The summed E-state index contributed by atoms with van der Waals surface area (Å²) in [5, 5.41) is 11.9. The van der Waals surface area contributed by atoms with Gasteiger partial charge in [-0.3, -0.25) is 9.59 Å². The molecule has 1 aliphatic heterocycles. The largest absolute Gasteiger partial charge is 0.479 e. The molecule has 0 spiro atoms. The number of hydrogen-bond acceptors (Lipinski definition) is 3. The second-order valence-corrected chi connectivity index (χ2v) is 5.60. The van der Waals surface area contributed by atoms with Gasteiger partial charge in [0.05, 0.1) is 5.92 Å². The van der Waals surface area contributed by atoms with E-state index < -0.39 is 29.2 Å². The molecule has 1 aromatic carbocycles. The van der Waals surface area contributed by atoms with Crippen LogP contribution in [0.3, 0.4) is 0 Å². The molecule has 0 radical (unpaired) electrons. The third-order valence-electron chi connectivity index (χ3n) is 3.93. The third kappa shape index (κ3) is 2.93. The average Bonchev–Trinajstić information content (AvgIpc) is 2.79. The lowest BCUT2D eigenvalue weighted by Gasteiger charge is -2.28. The maximum Gasteiger partial charge on any atom is 0.333 e. The Balaban J connectivity index is 2.22. The van der Waals surface area contributed by atoms with Crippen LogP contribution in [0.5, 0.6) is 0 Å². The number of aliphatic carboxylic acids is 1. The maximum absolute atomic E-state index is 13.0. The molecule has 1 aliphatic rings. The number of carbonyl (C=O) groups excluding carboxylic acids is 2. The molecule has 2 N–H and O–H groups in total. The highest BCUT2D eigenvalue weighted by atomic mass is 19.1. The van der Waals surface area contributed by atoms with Gasteiger partial charge in [0.25, 0.3) is 0 Å². The minimum atomic E-state index is -1.69. The zero-order valence-electron chi connectivity index (χ0n) is 12.3. The summed E-state index contributed by atoms with van der Waals surface area (Å²) in [5.74, 6) is -3.00. The second-order valence-electron chi connectivity index (χ2n) is 5.60. The first-order valence-corrected chi connectivity index (χ1v) is 6.79. The minimum absolute atomic E-state index is 0.0570. The molecule has 118 valence electrons. The molecule has 0 aliphatic carbocycles. The Hall–Kier alpha value is -2.44. The van der Waals surface area contributed by atoms with E-state index in [4.69, 9.17) is 0 Å². The van der Waals surface area contributed by atoms with Crippen molar-refractivity contribution in [3.05, 3.63) is 35.6 Å². The molecule has 2 unspecified atom stereocenters. The topological polar surface area (TPSA) is 86.7 Å². The molecule has 0 aromatic heterocycles. The molecule has 22 heavy (non-hydrogen) atoms. The van der Waals surface area contributed by atoms with E-state index in [9.17, 15) is 23.9 Å². The highest BCUT2D eigenvalue weighted by Gasteiger charge is 2.40. The number of hydrogen-bond donors (Lipinski definition) is 2. The van der Waals surface area contributed by atoms with Crippen LogP contribution in [-0.2, 0) is 19.9 Å². The summed E-state index contributed by atoms with van der Waals surface area (Å²) < 4.78 is 13.0. The first-order valence-electron chi connectivity index (χ1n) is 6.79. The van der Waals surface area contributed by atoms with Crippen molar-refractivity contribution in [1.29, 1.82) is 0 Å². The number of carboxylic acids is 1. The highest BCUT2D eigenvalue weighted by molar-refractivity contribution is 5.93. The number of halogens is 1. The van der Waals surface area contributed by atoms with Crippen LogP contribution in [0, 0.1) is 11.7 Å². The van der Waals surface area contributed by atoms with E-state index in [1.165, 1.54) is 24.0 Å². The number of amides is 2. The van der Waals surface area contributed by atoms with Crippen LogP contribution < -0.4 is 5.32 Å². The number of nitrogens with one attached hydrogen (secondary N) is 1. The molecule has 1 saturated heterocycles. The number of likely N-dealkylation sites (tertiary alicyclic amines) is 1. The molecule has 0 bridgehead atoms. The number of carbonyl (C=O) groups is 3. The van der Waals surface area contributed by atoms with Gasteiger partial charge >= 0.3 is 5.97 Å². The van der Waals surface area contributed by atoms with Gasteiger partial charge in [0.2, 0.25) is 11.8 Å². The second kappa shape index (κ2) is 5.75. The van der Waals surface area contributed by atoms with E-state index in [1.54, 1.807) is 7.05 Å². The van der Waals surface area contributed by atoms with E-state index in [2.05, 4.69) is 5.32 Å². The molecule has 2 atom stereocenters. The molecular weight excluding hydrogens is 291 g/mol. The van der Waals surface area contributed by atoms with Gasteiger partial charge in [-0.2, -0.15) is 0 Å². The SMILES string of the molecule is CN1CC(C(=O)NC(C)(C(=O)O)c2ccc(F)cc2)CC1=O. The molecule has 0 saturated carbocycles. The van der Waals surface area contributed by atoms with Crippen LogP contribution in [0.25, 0.3) is 0 Å². The van der Waals surface area contributed by atoms with Crippen molar-refractivity contribution >= 4 is 17.8 Å². The van der Waals surface area contributed by atoms with Crippen molar-refractivity contribution in [2.24, 2.45) is 5.92 Å². The monoisotopic (exact) mass is 308 g/mol. The van der Waals surface area contributed by atoms with Crippen LogP contribution in [0.1, 0.15) is 18.9 Å². The number of benzene rings is 1. The summed E-state index contributed by atoms with van der Waals surface area (Å²) in [6.45, 7) is 1.59. The number of carboxylic acid groups (broad SMARTS) is 1. The van der Waals surface area contributed by atoms with Crippen LogP contribution >= 0.6 is 0 Å². The summed E-state index contributed by atoms with van der Waals surface area (Å²) in [4.78, 5) is 36.8. The van der Waals surface area contributed by atoms with E-state index in [0.29, 0.717) is 0 Å². The average molecular weight is 308 g/mol. The van der Waals surface area contributed by atoms with E-state index in [-0.39, 0.29) is 24.4 Å². The fourth-order valence-corrected chi connectivity index (χ4v) is 2.42. The van der Waals surface area contributed by atoms with Crippen molar-refractivity contribution < 1.29 is 23.9 Å². The van der Waals surface area contributed by atoms with Gasteiger partial charge in [-0.15, -0.1) is 0 Å². The van der Waals surface area contributed by atoms with E-state index in [0.717, 1.165) is 12.1 Å². The standard InChI is InChI=1S/C15H17FN2O4/c1-15(14(21)22,10-3-5-11(16)6-4-10)17-13(20)9-7-12(19)18(2)8-9/h3-6,9H,7-8H2,1-2H3,(H,17,20)(H,21,22).